The fourth-order valence-corrected chi connectivity index (χ4v) is 2.83. The summed E-state index contributed by atoms with van der Waals surface area (Å²) in [5.41, 5.74) is 5.04. The maximum atomic E-state index is 10.6. The van der Waals surface area contributed by atoms with E-state index in [0.717, 1.165) is 25.7 Å². The van der Waals surface area contributed by atoms with Crippen molar-refractivity contribution in [1.29, 1.82) is 0 Å². The monoisotopic (exact) mass is 228 g/mol. The number of H-pyrrole nitrogens is 1. The number of hydrogen-bond donors (Lipinski definition) is 2. The van der Waals surface area contributed by atoms with Gasteiger partial charge in [0, 0.05) is 16.6 Å². The molecule has 1 aliphatic carbocycles. The van der Waals surface area contributed by atoms with Gasteiger partial charge in [0.25, 0.3) is 0 Å². The van der Waals surface area contributed by atoms with Crippen molar-refractivity contribution in [2.45, 2.75) is 32.2 Å². The lowest BCUT2D eigenvalue weighted by molar-refractivity contribution is -0.110. The molecule has 1 heterocycles. The third kappa shape index (κ3) is 1.62. The van der Waals surface area contributed by atoms with Gasteiger partial charge in [-0.25, -0.2) is 0 Å². The smallest absolute Gasteiger partial charge is 0.207 e. The van der Waals surface area contributed by atoms with Crippen molar-refractivity contribution >= 4 is 17.3 Å². The van der Waals surface area contributed by atoms with Crippen molar-refractivity contribution < 1.29 is 4.79 Å². The largest absolute Gasteiger partial charge is 0.356 e. The zero-order valence-corrected chi connectivity index (χ0v) is 9.92. The number of nitrogens with one attached hydrogen (secondary N) is 2. The molecule has 1 aliphatic rings. The van der Waals surface area contributed by atoms with Crippen LogP contribution in [0, 0.1) is 6.92 Å². The van der Waals surface area contributed by atoms with Gasteiger partial charge >= 0.3 is 0 Å². The first-order chi connectivity index (χ1) is 8.29. The fourth-order valence-electron chi connectivity index (χ4n) is 2.83. The number of aromatic nitrogens is 1. The Morgan fingerprint density at radius 1 is 1.47 bits per heavy atom. The summed E-state index contributed by atoms with van der Waals surface area (Å²) in [4.78, 5) is 14.1. The van der Waals surface area contributed by atoms with Crippen LogP contribution in [0.25, 0.3) is 10.9 Å². The van der Waals surface area contributed by atoms with E-state index in [2.05, 4.69) is 35.4 Å². The van der Waals surface area contributed by atoms with E-state index in [1.54, 1.807) is 0 Å². The molecule has 0 fully saturated rings. The SMILES string of the molecule is Cc1ccc2[nH]c3c(c2c1)CCC[C@@H]3NC=O. The molecule has 0 aliphatic heterocycles. The van der Waals surface area contributed by atoms with Crippen LogP contribution in [0.15, 0.2) is 18.2 Å². The minimum absolute atomic E-state index is 0.156. The number of fused-ring (bicyclic) bond motifs is 3. The lowest BCUT2D eigenvalue weighted by atomic mass is 9.91. The van der Waals surface area contributed by atoms with Crippen LogP contribution in [-0.2, 0) is 11.2 Å². The van der Waals surface area contributed by atoms with Crippen LogP contribution >= 0.6 is 0 Å². The van der Waals surface area contributed by atoms with Gasteiger partial charge in [0.2, 0.25) is 6.41 Å². The molecule has 0 saturated heterocycles. The van der Waals surface area contributed by atoms with Gasteiger partial charge in [0.1, 0.15) is 0 Å². The van der Waals surface area contributed by atoms with E-state index in [0.29, 0.717) is 0 Å². The average Bonchev–Trinajstić information content (AvgIpc) is 2.69. The van der Waals surface area contributed by atoms with Crippen LogP contribution in [0.5, 0.6) is 0 Å². The first kappa shape index (κ1) is 10.4. The summed E-state index contributed by atoms with van der Waals surface area (Å²) < 4.78 is 0. The van der Waals surface area contributed by atoms with Gasteiger partial charge in [0.15, 0.2) is 0 Å². The summed E-state index contributed by atoms with van der Waals surface area (Å²) in [5.74, 6) is 0. The summed E-state index contributed by atoms with van der Waals surface area (Å²) in [6.07, 6.45) is 4.07. The number of hydrogen-bond acceptors (Lipinski definition) is 1. The summed E-state index contributed by atoms with van der Waals surface area (Å²) in [7, 11) is 0. The van der Waals surface area contributed by atoms with E-state index in [-0.39, 0.29) is 6.04 Å². The Morgan fingerprint density at radius 2 is 2.35 bits per heavy atom. The molecule has 2 aromatic rings. The van der Waals surface area contributed by atoms with E-state index < -0.39 is 0 Å². The molecule has 1 atom stereocenters. The standard InChI is InChI=1S/C14H16N2O/c1-9-5-6-12-11(7-9)10-3-2-4-13(15-8-17)14(10)16-12/h5-8,13,16H,2-4H2,1H3,(H,15,17)/t13-/m0/s1. The van der Waals surface area contributed by atoms with Gasteiger partial charge in [-0.2, -0.15) is 0 Å². The number of carbonyl (C=O) groups excluding carboxylic acids is 1. The Balaban J connectivity index is 2.18. The Morgan fingerprint density at radius 3 is 3.18 bits per heavy atom. The highest BCUT2D eigenvalue weighted by atomic mass is 16.1. The molecule has 2 N–H and O–H groups in total. The third-order valence-corrected chi connectivity index (χ3v) is 3.63. The predicted molar refractivity (Wildman–Crippen MR) is 67.9 cm³/mol. The van der Waals surface area contributed by atoms with Crippen LogP contribution < -0.4 is 5.32 Å². The van der Waals surface area contributed by atoms with E-state index in [9.17, 15) is 4.79 Å². The molecular weight excluding hydrogens is 212 g/mol. The molecule has 3 nitrogen and oxygen atoms in total. The van der Waals surface area contributed by atoms with Crippen LogP contribution in [-0.4, -0.2) is 11.4 Å². The number of aromatic amines is 1. The molecule has 0 unspecified atom stereocenters. The van der Waals surface area contributed by atoms with Gasteiger partial charge in [0.05, 0.1) is 6.04 Å². The van der Waals surface area contributed by atoms with Crippen molar-refractivity contribution in [3.63, 3.8) is 0 Å². The summed E-state index contributed by atoms with van der Waals surface area (Å²) >= 11 is 0. The van der Waals surface area contributed by atoms with Gasteiger partial charge < -0.3 is 10.3 Å². The molecule has 0 radical (unpaired) electrons. The molecule has 3 rings (SSSR count). The van der Waals surface area contributed by atoms with E-state index in [4.69, 9.17) is 0 Å². The summed E-state index contributed by atoms with van der Waals surface area (Å²) in [6.45, 7) is 2.11. The summed E-state index contributed by atoms with van der Waals surface area (Å²) in [6, 6.07) is 6.63. The van der Waals surface area contributed by atoms with Crippen LogP contribution in [0.1, 0.15) is 35.7 Å². The molecule has 0 saturated carbocycles. The van der Waals surface area contributed by atoms with Gasteiger partial charge in [-0.3, -0.25) is 4.79 Å². The molecule has 1 aromatic heterocycles. The van der Waals surface area contributed by atoms with Crippen LogP contribution in [0.2, 0.25) is 0 Å². The van der Waals surface area contributed by atoms with E-state index in [1.165, 1.54) is 27.7 Å². The molecule has 1 amide bonds. The minimum atomic E-state index is 0.156. The maximum Gasteiger partial charge on any atom is 0.207 e. The molecule has 0 bridgehead atoms. The second-order valence-corrected chi connectivity index (χ2v) is 4.80. The van der Waals surface area contributed by atoms with E-state index >= 15 is 0 Å². The van der Waals surface area contributed by atoms with Crippen LogP contribution in [0.4, 0.5) is 0 Å². The molecule has 1 aromatic carbocycles. The van der Waals surface area contributed by atoms with Crippen LogP contribution in [0.3, 0.4) is 0 Å². The second-order valence-electron chi connectivity index (χ2n) is 4.80. The normalized spacial score (nSPS) is 19.0. The molecule has 3 heteroatoms. The number of rotatable bonds is 2. The summed E-state index contributed by atoms with van der Waals surface area (Å²) in [5, 5.41) is 4.22. The lowest BCUT2D eigenvalue weighted by Gasteiger charge is -2.21. The zero-order chi connectivity index (χ0) is 11.8. The highest BCUT2D eigenvalue weighted by Gasteiger charge is 2.23. The quantitative estimate of drug-likeness (QED) is 0.762. The first-order valence-corrected chi connectivity index (χ1v) is 6.10. The Labute approximate surface area is 100 Å². The topological polar surface area (TPSA) is 44.9 Å². The van der Waals surface area contributed by atoms with Gasteiger partial charge in [-0.05, 0) is 43.9 Å². The lowest BCUT2D eigenvalue weighted by Crippen LogP contribution is -2.23. The number of benzene rings is 1. The third-order valence-electron chi connectivity index (χ3n) is 3.63. The zero-order valence-electron chi connectivity index (χ0n) is 9.92. The molecule has 0 spiro atoms. The number of carbonyl (C=O) groups is 1. The fraction of sp³-hybridized carbons (Fsp3) is 0.357. The highest BCUT2D eigenvalue weighted by Crippen LogP contribution is 2.34. The minimum Gasteiger partial charge on any atom is -0.356 e. The molecule has 88 valence electrons. The Kier molecular flexibility index (Phi) is 2.39. The Bertz CT molecular complexity index is 571. The van der Waals surface area contributed by atoms with Crippen molar-refractivity contribution in [3.05, 3.63) is 35.0 Å². The van der Waals surface area contributed by atoms with Crippen molar-refractivity contribution in [2.24, 2.45) is 0 Å². The van der Waals surface area contributed by atoms with Gasteiger partial charge in [-0.1, -0.05) is 11.6 Å². The average molecular weight is 228 g/mol. The molecular formula is C14H16N2O. The highest BCUT2D eigenvalue weighted by molar-refractivity contribution is 5.85. The van der Waals surface area contributed by atoms with Crippen molar-refractivity contribution in [2.75, 3.05) is 0 Å². The van der Waals surface area contributed by atoms with E-state index in [1.807, 2.05) is 0 Å². The first-order valence-electron chi connectivity index (χ1n) is 6.10. The van der Waals surface area contributed by atoms with Crippen molar-refractivity contribution in [3.8, 4) is 0 Å². The number of amides is 1. The second kappa shape index (κ2) is 3.91. The van der Waals surface area contributed by atoms with Crippen molar-refractivity contribution in [1.82, 2.24) is 10.3 Å². The number of aryl methyl sites for hydroxylation is 2. The Hall–Kier alpha value is -1.77. The molecule has 17 heavy (non-hydrogen) atoms. The van der Waals surface area contributed by atoms with Gasteiger partial charge in [-0.15, -0.1) is 0 Å². The maximum absolute atomic E-state index is 10.6. The predicted octanol–water partition coefficient (Wildman–Crippen LogP) is 2.60.